The molecule has 0 amide bonds. The predicted molar refractivity (Wildman–Crippen MR) is 70.7 cm³/mol. The first-order chi connectivity index (χ1) is 8.22. The Morgan fingerprint density at radius 2 is 1.41 bits per heavy atom. The van der Waals surface area contributed by atoms with Crippen molar-refractivity contribution in [1.82, 2.24) is 0 Å². The van der Waals surface area contributed by atoms with E-state index in [9.17, 15) is 0 Å². The van der Waals surface area contributed by atoms with Crippen LogP contribution < -0.4 is 14.2 Å². The van der Waals surface area contributed by atoms with Crippen molar-refractivity contribution in [3.05, 3.63) is 15.7 Å². The van der Waals surface area contributed by atoms with Crippen molar-refractivity contribution in [2.75, 3.05) is 34.9 Å². The van der Waals surface area contributed by atoms with E-state index in [4.69, 9.17) is 23.7 Å². The molecule has 0 saturated heterocycles. The highest BCUT2D eigenvalue weighted by atomic mass is 127. The fourth-order valence-electron chi connectivity index (χ4n) is 1.12. The van der Waals surface area contributed by atoms with Crippen LogP contribution in [0.3, 0.4) is 0 Å². The zero-order valence-electron chi connectivity index (χ0n) is 9.99. The van der Waals surface area contributed by atoms with E-state index in [2.05, 4.69) is 22.6 Å². The molecule has 0 N–H and O–H groups in total. The van der Waals surface area contributed by atoms with Crippen LogP contribution in [0.25, 0.3) is 0 Å². The summed E-state index contributed by atoms with van der Waals surface area (Å²) in [6, 6.07) is 3.56. The first-order valence-electron chi connectivity index (χ1n) is 4.84. The molecule has 0 atom stereocenters. The molecular weight excluding hydrogens is 339 g/mol. The summed E-state index contributed by atoms with van der Waals surface area (Å²) in [5.41, 5.74) is 0. The third kappa shape index (κ3) is 4.21. The van der Waals surface area contributed by atoms with Gasteiger partial charge in [0.1, 0.15) is 17.2 Å². The molecule has 0 aliphatic rings. The van der Waals surface area contributed by atoms with Crippen molar-refractivity contribution >= 4 is 22.6 Å². The van der Waals surface area contributed by atoms with E-state index in [0.717, 1.165) is 3.57 Å². The van der Waals surface area contributed by atoms with E-state index in [1.807, 2.05) is 0 Å². The van der Waals surface area contributed by atoms with Gasteiger partial charge in [0.25, 0.3) is 0 Å². The van der Waals surface area contributed by atoms with E-state index >= 15 is 0 Å². The van der Waals surface area contributed by atoms with Crippen LogP contribution in [-0.2, 0) is 9.47 Å². The summed E-state index contributed by atoms with van der Waals surface area (Å²) in [7, 11) is 4.72. The number of rotatable bonds is 7. The second kappa shape index (κ2) is 7.57. The van der Waals surface area contributed by atoms with E-state index in [0.29, 0.717) is 17.2 Å². The zero-order valence-corrected chi connectivity index (χ0v) is 12.1. The van der Waals surface area contributed by atoms with Crippen molar-refractivity contribution in [2.24, 2.45) is 0 Å². The fourth-order valence-corrected chi connectivity index (χ4v) is 1.74. The van der Waals surface area contributed by atoms with E-state index in [-0.39, 0.29) is 13.6 Å². The summed E-state index contributed by atoms with van der Waals surface area (Å²) in [4.78, 5) is 0. The Balaban J connectivity index is 2.94. The Bertz CT molecular complexity index is 327. The smallest absolute Gasteiger partial charge is 0.188 e. The highest BCUT2D eigenvalue weighted by molar-refractivity contribution is 14.1. The van der Waals surface area contributed by atoms with Crippen LogP contribution in [0.1, 0.15) is 0 Å². The molecule has 0 bridgehead atoms. The zero-order chi connectivity index (χ0) is 12.7. The monoisotopic (exact) mass is 354 g/mol. The summed E-state index contributed by atoms with van der Waals surface area (Å²) < 4.78 is 26.6. The number of methoxy groups -OCH3 is 3. The molecule has 0 spiro atoms. The Hall–Kier alpha value is -0.730. The van der Waals surface area contributed by atoms with Crippen molar-refractivity contribution in [3.8, 4) is 17.2 Å². The average Bonchev–Trinajstić information content (AvgIpc) is 2.36. The topological polar surface area (TPSA) is 46.2 Å². The number of halogens is 1. The molecule has 0 aliphatic heterocycles. The number of benzene rings is 1. The van der Waals surface area contributed by atoms with E-state index in [1.165, 1.54) is 0 Å². The molecule has 1 rings (SSSR count). The van der Waals surface area contributed by atoms with Gasteiger partial charge < -0.3 is 23.7 Å². The molecule has 0 aromatic heterocycles. The van der Waals surface area contributed by atoms with Crippen LogP contribution in [0, 0.1) is 3.57 Å². The lowest BCUT2D eigenvalue weighted by Crippen LogP contribution is -2.04. The third-order valence-electron chi connectivity index (χ3n) is 1.88. The minimum atomic E-state index is 0.173. The van der Waals surface area contributed by atoms with Gasteiger partial charge in [0, 0.05) is 26.4 Å². The number of hydrogen-bond acceptors (Lipinski definition) is 5. The van der Waals surface area contributed by atoms with Crippen molar-refractivity contribution in [1.29, 1.82) is 0 Å². The third-order valence-corrected chi connectivity index (χ3v) is 2.94. The van der Waals surface area contributed by atoms with Gasteiger partial charge in [0.05, 0.1) is 10.7 Å². The summed E-state index contributed by atoms with van der Waals surface area (Å²) >= 11 is 2.14. The van der Waals surface area contributed by atoms with Crippen molar-refractivity contribution in [3.63, 3.8) is 0 Å². The van der Waals surface area contributed by atoms with Gasteiger partial charge in [-0.1, -0.05) is 0 Å². The molecule has 1 aromatic carbocycles. The molecule has 6 heteroatoms. The molecule has 0 unspecified atom stereocenters. The molecule has 96 valence electrons. The average molecular weight is 354 g/mol. The van der Waals surface area contributed by atoms with Gasteiger partial charge in [-0.05, 0) is 22.6 Å². The molecule has 5 nitrogen and oxygen atoms in total. The second-order valence-electron chi connectivity index (χ2n) is 3.04. The lowest BCUT2D eigenvalue weighted by molar-refractivity contribution is 0.0445. The largest absolute Gasteiger partial charge is 0.496 e. The highest BCUT2D eigenvalue weighted by Gasteiger charge is 2.11. The molecule has 1 aromatic rings. The van der Waals surface area contributed by atoms with Crippen molar-refractivity contribution in [2.45, 2.75) is 0 Å². The van der Waals surface area contributed by atoms with Crippen LogP contribution in [0.5, 0.6) is 17.2 Å². The van der Waals surface area contributed by atoms with Crippen LogP contribution in [0.2, 0.25) is 0 Å². The summed E-state index contributed by atoms with van der Waals surface area (Å²) in [5, 5.41) is 0. The van der Waals surface area contributed by atoms with E-state index < -0.39 is 0 Å². The Morgan fingerprint density at radius 3 is 1.76 bits per heavy atom. The quantitative estimate of drug-likeness (QED) is 0.555. The van der Waals surface area contributed by atoms with Gasteiger partial charge >= 0.3 is 0 Å². The van der Waals surface area contributed by atoms with Crippen LogP contribution >= 0.6 is 22.6 Å². The Labute approximate surface area is 114 Å². The number of hydrogen-bond donors (Lipinski definition) is 0. The van der Waals surface area contributed by atoms with Gasteiger partial charge in [-0.15, -0.1) is 0 Å². The van der Waals surface area contributed by atoms with Crippen molar-refractivity contribution < 1.29 is 23.7 Å². The van der Waals surface area contributed by atoms with Gasteiger partial charge in [0.2, 0.25) is 0 Å². The fraction of sp³-hybridized carbons (Fsp3) is 0.455. The SMILES string of the molecule is COCOc1cc(OC)cc(OCOC)c1I. The maximum atomic E-state index is 5.42. The Morgan fingerprint density at radius 1 is 0.941 bits per heavy atom. The maximum absolute atomic E-state index is 5.42. The first kappa shape index (κ1) is 14.3. The van der Waals surface area contributed by atoms with Crippen LogP contribution in [0.15, 0.2) is 12.1 Å². The van der Waals surface area contributed by atoms with Crippen LogP contribution in [-0.4, -0.2) is 34.9 Å². The van der Waals surface area contributed by atoms with Gasteiger partial charge in [-0.25, -0.2) is 0 Å². The molecular formula is C11H15IO5. The van der Waals surface area contributed by atoms with Gasteiger partial charge in [0.15, 0.2) is 13.6 Å². The van der Waals surface area contributed by atoms with E-state index in [1.54, 1.807) is 33.5 Å². The molecule has 0 aliphatic carbocycles. The summed E-state index contributed by atoms with van der Waals surface area (Å²) in [5.74, 6) is 1.96. The standard InChI is InChI=1S/C11H15IO5/c1-13-6-16-9-4-8(15-3)5-10(11(9)12)17-7-14-2/h4-5H,6-7H2,1-3H3. The lowest BCUT2D eigenvalue weighted by atomic mass is 10.3. The Kier molecular flexibility index (Phi) is 6.38. The molecule has 0 fully saturated rings. The highest BCUT2D eigenvalue weighted by Crippen LogP contribution is 2.35. The molecule has 0 saturated carbocycles. The predicted octanol–water partition coefficient (Wildman–Crippen LogP) is 2.27. The van der Waals surface area contributed by atoms with Gasteiger partial charge in [-0.3, -0.25) is 0 Å². The second-order valence-corrected chi connectivity index (χ2v) is 4.12. The molecule has 0 heterocycles. The van der Waals surface area contributed by atoms with Crippen LogP contribution in [0.4, 0.5) is 0 Å². The van der Waals surface area contributed by atoms with Gasteiger partial charge in [-0.2, -0.15) is 0 Å². The minimum Gasteiger partial charge on any atom is -0.496 e. The maximum Gasteiger partial charge on any atom is 0.188 e. The first-order valence-corrected chi connectivity index (χ1v) is 5.91. The summed E-state index contributed by atoms with van der Waals surface area (Å²) in [6.45, 7) is 0.347. The lowest BCUT2D eigenvalue weighted by Gasteiger charge is -2.13. The normalized spacial score (nSPS) is 10.1. The molecule has 0 radical (unpaired) electrons. The number of ether oxygens (including phenoxy) is 5. The molecule has 17 heavy (non-hydrogen) atoms. The minimum absolute atomic E-state index is 0.173. The summed E-state index contributed by atoms with van der Waals surface area (Å²) in [6.07, 6.45) is 0.